The SMILES string of the molecule is COc1cccc(N/C=C(/C#N)C(=O)N(C)C2CCCCC2)c1. The number of carbonyl (C=O) groups is 1. The van der Waals surface area contributed by atoms with Crippen LogP contribution in [0, 0.1) is 11.3 Å². The van der Waals surface area contributed by atoms with Crippen molar-refractivity contribution in [3.8, 4) is 11.8 Å². The number of amides is 1. The Morgan fingerprint density at radius 3 is 2.78 bits per heavy atom. The van der Waals surface area contributed by atoms with Crippen LogP contribution in [0.2, 0.25) is 0 Å². The Morgan fingerprint density at radius 2 is 2.13 bits per heavy atom. The van der Waals surface area contributed by atoms with E-state index in [0.29, 0.717) is 5.75 Å². The molecule has 0 bridgehead atoms. The molecule has 1 aromatic rings. The fourth-order valence-electron chi connectivity index (χ4n) is 2.83. The minimum absolute atomic E-state index is 0.112. The maximum absolute atomic E-state index is 12.5. The van der Waals surface area contributed by atoms with Gasteiger partial charge < -0.3 is 15.0 Å². The Balaban J connectivity index is 2.05. The lowest BCUT2D eigenvalue weighted by molar-refractivity contribution is -0.128. The van der Waals surface area contributed by atoms with Gasteiger partial charge in [-0.2, -0.15) is 5.26 Å². The second-order valence-corrected chi connectivity index (χ2v) is 5.75. The Bertz CT molecular complexity index is 613. The van der Waals surface area contributed by atoms with E-state index in [2.05, 4.69) is 5.32 Å². The van der Waals surface area contributed by atoms with Crippen molar-refractivity contribution in [2.24, 2.45) is 0 Å². The van der Waals surface area contributed by atoms with Gasteiger partial charge in [-0.1, -0.05) is 25.3 Å². The van der Waals surface area contributed by atoms with Crippen molar-refractivity contribution in [1.82, 2.24) is 4.90 Å². The molecule has 1 amide bonds. The van der Waals surface area contributed by atoms with Crippen LogP contribution in [0.15, 0.2) is 36.0 Å². The molecule has 1 fully saturated rings. The molecule has 0 atom stereocenters. The van der Waals surface area contributed by atoms with E-state index in [4.69, 9.17) is 4.74 Å². The summed E-state index contributed by atoms with van der Waals surface area (Å²) < 4.78 is 5.15. The first kappa shape index (κ1) is 16.9. The van der Waals surface area contributed by atoms with E-state index < -0.39 is 0 Å². The fourth-order valence-corrected chi connectivity index (χ4v) is 2.83. The van der Waals surface area contributed by atoms with Crippen molar-refractivity contribution in [1.29, 1.82) is 5.26 Å². The molecule has 1 N–H and O–H groups in total. The lowest BCUT2D eigenvalue weighted by atomic mass is 9.94. The van der Waals surface area contributed by atoms with Crippen molar-refractivity contribution in [2.75, 3.05) is 19.5 Å². The van der Waals surface area contributed by atoms with E-state index in [1.54, 1.807) is 25.1 Å². The number of anilines is 1. The molecule has 0 aromatic heterocycles. The van der Waals surface area contributed by atoms with Gasteiger partial charge >= 0.3 is 0 Å². The van der Waals surface area contributed by atoms with Crippen molar-refractivity contribution < 1.29 is 9.53 Å². The maximum Gasteiger partial charge on any atom is 0.266 e. The molecule has 122 valence electrons. The van der Waals surface area contributed by atoms with Crippen molar-refractivity contribution >= 4 is 11.6 Å². The largest absolute Gasteiger partial charge is 0.497 e. The standard InChI is InChI=1S/C18H23N3O2/c1-21(16-8-4-3-5-9-16)18(22)14(12-19)13-20-15-7-6-10-17(11-15)23-2/h6-7,10-11,13,16,20H,3-5,8-9H2,1-2H3/b14-13-. The zero-order valence-corrected chi connectivity index (χ0v) is 13.7. The number of nitrogens with zero attached hydrogens (tertiary/aromatic N) is 2. The third-order valence-corrected chi connectivity index (χ3v) is 4.25. The predicted molar refractivity (Wildman–Crippen MR) is 90.0 cm³/mol. The van der Waals surface area contributed by atoms with Gasteiger partial charge in [0.15, 0.2) is 0 Å². The van der Waals surface area contributed by atoms with Gasteiger partial charge in [-0.3, -0.25) is 4.79 Å². The molecule has 0 radical (unpaired) electrons. The molecule has 2 rings (SSSR count). The topological polar surface area (TPSA) is 65.4 Å². The number of likely N-dealkylation sites (N-methyl/N-ethyl adjacent to an activating group) is 1. The third-order valence-electron chi connectivity index (χ3n) is 4.25. The molecular weight excluding hydrogens is 290 g/mol. The van der Waals surface area contributed by atoms with Gasteiger partial charge in [0, 0.05) is 31.0 Å². The van der Waals surface area contributed by atoms with Gasteiger partial charge in [-0.15, -0.1) is 0 Å². The van der Waals surface area contributed by atoms with E-state index in [9.17, 15) is 10.1 Å². The zero-order chi connectivity index (χ0) is 16.7. The number of hydrogen-bond acceptors (Lipinski definition) is 4. The number of hydrogen-bond donors (Lipinski definition) is 1. The summed E-state index contributed by atoms with van der Waals surface area (Å²) in [6, 6.07) is 9.57. The quantitative estimate of drug-likeness (QED) is 0.669. The molecule has 1 saturated carbocycles. The van der Waals surface area contributed by atoms with Crippen LogP contribution in [0.4, 0.5) is 5.69 Å². The summed E-state index contributed by atoms with van der Waals surface area (Å²) in [5, 5.41) is 12.3. The van der Waals surface area contributed by atoms with Crippen LogP contribution < -0.4 is 10.1 Å². The highest BCUT2D eigenvalue weighted by Gasteiger charge is 2.24. The smallest absolute Gasteiger partial charge is 0.266 e. The molecule has 1 aliphatic carbocycles. The lowest BCUT2D eigenvalue weighted by Gasteiger charge is -2.31. The molecular formula is C18H23N3O2. The third kappa shape index (κ3) is 4.49. The number of ether oxygens (including phenoxy) is 1. The van der Waals surface area contributed by atoms with Crippen LogP contribution in [0.3, 0.4) is 0 Å². The molecule has 1 aromatic carbocycles. The summed E-state index contributed by atoms with van der Waals surface area (Å²) in [5.41, 5.74) is 0.881. The fraction of sp³-hybridized carbons (Fsp3) is 0.444. The van der Waals surface area contributed by atoms with Gasteiger partial charge in [0.1, 0.15) is 17.4 Å². The minimum atomic E-state index is -0.227. The first-order valence-electron chi connectivity index (χ1n) is 7.93. The first-order chi connectivity index (χ1) is 11.2. The van der Waals surface area contributed by atoms with Crippen LogP contribution in [-0.4, -0.2) is 31.0 Å². The number of nitrogens with one attached hydrogen (secondary N) is 1. The molecule has 1 aliphatic rings. The molecule has 5 heteroatoms. The van der Waals surface area contributed by atoms with Gasteiger partial charge in [-0.05, 0) is 25.0 Å². The Hall–Kier alpha value is -2.48. The Labute approximate surface area is 137 Å². The molecule has 0 saturated heterocycles. The van der Waals surface area contributed by atoms with Crippen molar-refractivity contribution in [3.05, 3.63) is 36.0 Å². The predicted octanol–water partition coefficient (Wildman–Crippen LogP) is 3.31. The molecule has 0 heterocycles. The number of nitriles is 1. The van der Waals surface area contributed by atoms with E-state index in [1.165, 1.54) is 12.6 Å². The Kier molecular flexibility index (Phi) is 6.04. The highest BCUT2D eigenvalue weighted by Crippen LogP contribution is 2.23. The van der Waals surface area contributed by atoms with E-state index in [0.717, 1.165) is 31.4 Å². The van der Waals surface area contributed by atoms with Crippen molar-refractivity contribution in [3.63, 3.8) is 0 Å². The van der Waals surface area contributed by atoms with Crippen LogP contribution in [0.1, 0.15) is 32.1 Å². The van der Waals surface area contributed by atoms with Crippen molar-refractivity contribution in [2.45, 2.75) is 38.1 Å². The van der Waals surface area contributed by atoms with Gasteiger partial charge in [-0.25, -0.2) is 0 Å². The number of methoxy groups -OCH3 is 1. The second kappa shape index (κ2) is 8.23. The molecule has 23 heavy (non-hydrogen) atoms. The summed E-state index contributed by atoms with van der Waals surface area (Å²) in [6.07, 6.45) is 7.04. The number of carbonyl (C=O) groups excluding carboxylic acids is 1. The zero-order valence-electron chi connectivity index (χ0n) is 13.7. The highest BCUT2D eigenvalue weighted by atomic mass is 16.5. The van der Waals surface area contributed by atoms with E-state index >= 15 is 0 Å². The summed E-state index contributed by atoms with van der Waals surface area (Å²) in [5.74, 6) is 0.488. The highest BCUT2D eigenvalue weighted by molar-refractivity contribution is 5.97. The van der Waals surface area contributed by atoms with Gasteiger partial charge in [0.2, 0.25) is 0 Å². The van der Waals surface area contributed by atoms with Crippen LogP contribution in [-0.2, 0) is 4.79 Å². The molecule has 0 unspecified atom stereocenters. The summed E-state index contributed by atoms with van der Waals surface area (Å²) >= 11 is 0. The summed E-state index contributed by atoms with van der Waals surface area (Å²) in [6.45, 7) is 0. The number of rotatable bonds is 5. The van der Waals surface area contributed by atoms with Crippen LogP contribution in [0.5, 0.6) is 5.75 Å². The maximum atomic E-state index is 12.5. The van der Waals surface area contributed by atoms with Gasteiger partial charge in [0.25, 0.3) is 5.91 Å². The summed E-state index contributed by atoms with van der Waals surface area (Å²) in [4.78, 5) is 14.2. The van der Waals surface area contributed by atoms with Gasteiger partial charge in [0.05, 0.1) is 7.11 Å². The lowest BCUT2D eigenvalue weighted by Crippen LogP contribution is -2.39. The number of benzene rings is 1. The van der Waals surface area contributed by atoms with Crippen LogP contribution in [0.25, 0.3) is 0 Å². The normalized spacial score (nSPS) is 15.6. The van der Waals surface area contributed by atoms with E-state index in [-0.39, 0.29) is 17.5 Å². The Morgan fingerprint density at radius 1 is 1.39 bits per heavy atom. The molecule has 0 aliphatic heterocycles. The van der Waals surface area contributed by atoms with E-state index in [1.807, 2.05) is 24.3 Å². The average molecular weight is 313 g/mol. The minimum Gasteiger partial charge on any atom is -0.497 e. The average Bonchev–Trinajstić information content (AvgIpc) is 2.62. The molecule has 0 spiro atoms. The monoisotopic (exact) mass is 313 g/mol. The first-order valence-corrected chi connectivity index (χ1v) is 7.93. The second-order valence-electron chi connectivity index (χ2n) is 5.75. The summed E-state index contributed by atoms with van der Waals surface area (Å²) in [7, 11) is 3.38. The molecule has 5 nitrogen and oxygen atoms in total. The van der Waals surface area contributed by atoms with Crippen LogP contribution >= 0.6 is 0 Å².